The number of carbonyl (C=O) groups excluding carboxylic acids is 1. The number of hydrogen-bond donors (Lipinski definition) is 2. The molecule has 1 heterocycles. The number of nitrogens with two attached hydrogens (primary N) is 1. The van der Waals surface area contributed by atoms with Gasteiger partial charge in [0.15, 0.2) is 0 Å². The van der Waals surface area contributed by atoms with E-state index < -0.39 is 5.69 Å². The van der Waals surface area contributed by atoms with Gasteiger partial charge >= 0.3 is 5.69 Å². The monoisotopic (exact) mass is 281 g/mol. The molecule has 0 amide bonds. The highest BCUT2D eigenvalue weighted by Gasteiger charge is 2.16. The van der Waals surface area contributed by atoms with E-state index in [1.165, 1.54) is 0 Å². The molecule has 3 aromatic rings. The Morgan fingerprint density at radius 3 is 2.67 bits per heavy atom. The molecule has 0 saturated heterocycles. The third kappa shape index (κ3) is 2.12. The van der Waals surface area contributed by atoms with E-state index in [4.69, 9.17) is 5.73 Å². The number of imidazole rings is 1. The van der Waals surface area contributed by atoms with Crippen LogP contribution in [0.3, 0.4) is 0 Å². The fraction of sp³-hybridized carbons (Fsp3) is 0.125. The summed E-state index contributed by atoms with van der Waals surface area (Å²) in [5, 5.41) is 0. The number of rotatable bonds is 1. The highest BCUT2D eigenvalue weighted by Crippen LogP contribution is 2.20. The van der Waals surface area contributed by atoms with Crippen molar-refractivity contribution in [2.75, 3.05) is 5.73 Å². The number of carbonyl (C=O) groups is 1. The van der Waals surface area contributed by atoms with Crippen LogP contribution in [0.2, 0.25) is 0 Å². The topological polar surface area (TPSA) is 80.9 Å². The molecule has 0 fully saturated rings. The molecule has 0 aliphatic rings. The highest BCUT2D eigenvalue weighted by molar-refractivity contribution is 6.01. The maximum atomic E-state index is 12.6. The van der Waals surface area contributed by atoms with Crippen molar-refractivity contribution in [2.45, 2.75) is 13.8 Å². The number of aromatic amines is 1. The van der Waals surface area contributed by atoms with E-state index in [1.54, 1.807) is 30.3 Å². The van der Waals surface area contributed by atoms with E-state index in [2.05, 4.69) is 4.98 Å². The van der Waals surface area contributed by atoms with E-state index in [-0.39, 0.29) is 5.91 Å². The zero-order valence-electron chi connectivity index (χ0n) is 11.8. The smallest absolute Gasteiger partial charge is 0.333 e. The second-order valence-corrected chi connectivity index (χ2v) is 5.17. The van der Waals surface area contributed by atoms with Crippen molar-refractivity contribution in [1.29, 1.82) is 0 Å². The molecule has 5 nitrogen and oxygen atoms in total. The summed E-state index contributed by atoms with van der Waals surface area (Å²) < 4.78 is 1.12. The zero-order chi connectivity index (χ0) is 15.1. The number of anilines is 1. The van der Waals surface area contributed by atoms with Crippen molar-refractivity contribution < 1.29 is 4.79 Å². The van der Waals surface area contributed by atoms with E-state index in [9.17, 15) is 9.59 Å². The van der Waals surface area contributed by atoms with Crippen molar-refractivity contribution in [3.05, 3.63) is 63.6 Å². The van der Waals surface area contributed by atoms with Crippen molar-refractivity contribution in [3.8, 4) is 0 Å². The summed E-state index contributed by atoms with van der Waals surface area (Å²) in [6.45, 7) is 3.75. The summed E-state index contributed by atoms with van der Waals surface area (Å²) in [6, 6.07) is 10.6. The standard InChI is InChI=1S/C16H15N3O2/c1-9-4-3-5-11(6-9)15(20)19-14-8-12(17)10(2)7-13(14)18-16(19)21/h3-8H,17H2,1-2H3,(H,18,21). The van der Waals surface area contributed by atoms with Gasteiger partial charge in [-0.05, 0) is 43.7 Å². The number of nitrogen functional groups attached to an aromatic ring is 1. The van der Waals surface area contributed by atoms with Crippen LogP contribution in [0.5, 0.6) is 0 Å². The molecule has 0 unspecified atom stereocenters. The summed E-state index contributed by atoms with van der Waals surface area (Å²) in [6.07, 6.45) is 0. The van der Waals surface area contributed by atoms with Crippen LogP contribution in [0.15, 0.2) is 41.2 Å². The van der Waals surface area contributed by atoms with Gasteiger partial charge in [-0.25, -0.2) is 9.36 Å². The van der Waals surface area contributed by atoms with Crippen molar-refractivity contribution in [2.24, 2.45) is 0 Å². The van der Waals surface area contributed by atoms with Crippen LogP contribution >= 0.6 is 0 Å². The number of aromatic nitrogens is 2. The lowest BCUT2D eigenvalue weighted by Gasteiger charge is -2.05. The SMILES string of the molecule is Cc1cccc(C(=O)n2c(=O)[nH]c3cc(C)c(N)cc32)c1. The van der Waals surface area contributed by atoms with E-state index in [0.29, 0.717) is 22.3 Å². The van der Waals surface area contributed by atoms with E-state index in [0.717, 1.165) is 15.7 Å². The van der Waals surface area contributed by atoms with Gasteiger partial charge in [-0.15, -0.1) is 0 Å². The van der Waals surface area contributed by atoms with Crippen LogP contribution in [0.25, 0.3) is 11.0 Å². The number of hydrogen-bond acceptors (Lipinski definition) is 3. The first-order valence-corrected chi connectivity index (χ1v) is 6.59. The molecule has 0 saturated carbocycles. The maximum absolute atomic E-state index is 12.6. The molecule has 1 aromatic heterocycles. The minimum Gasteiger partial charge on any atom is -0.398 e. The minimum atomic E-state index is -0.457. The maximum Gasteiger partial charge on any atom is 0.333 e. The third-order valence-corrected chi connectivity index (χ3v) is 3.54. The summed E-state index contributed by atoms with van der Waals surface area (Å²) in [5.74, 6) is -0.363. The number of nitrogens with one attached hydrogen (secondary N) is 1. The number of H-pyrrole nitrogens is 1. The third-order valence-electron chi connectivity index (χ3n) is 3.54. The van der Waals surface area contributed by atoms with Gasteiger partial charge in [0.05, 0.1) is 11.0 Å². The lowest BCUT2D eigenvalue weighted by molar-refractivity contribution is 0.0961. The Labute approximate surface area is 121 Å². The molecule has 2 aromatic carbocycles. The van der Waals surface area contributed by atoms with Crippen LogP contribution in [0, 0.1) is 13.8 Å². The lowest BCUT2D eigenvalue weighted by Crippen LogP contribution is -2.24. The molecule has 0 bridgehead atoms. The Morgan fingerprint density at radius 2 is 1.95 bits per heavy atom. The van der Waals surface area contributed by atoms with Gasteiger partial charge in [0.25, 0.3) is 5.91 Å². The fourth-order valence-corrected chi connectivity index (χ4v) is 2.39. The Bertz CT molecular complexity index is 919. The second-order valence-electron chi connectivity index (χ2n) is 5.17. The molecule has 0 spiro atoms. The molecule has 3 N–H and O–H groups in total. The normalized spacial score (nSPS) is 11.0. The molecular weight excluding hydrogens is 266 g/mol. The first-order valence-electron chi connectivity index (χ1n) is 6.59. The predicted molar refractivity (Wildman–Crippen MR) is 82.6 cm³/mol. The molecule has 0 aliphatic heterocycles. The molecule has 21 heavy (non-hydrogen) atoms. The van der Waals surface area contributed by atoms with E-state index in [1.807, 2.05) is 19.9 Å². The average molecular weight is 281 g/mol. The van der Waals surface area contributed by atoms with Gasteiger partial charge in [0, 0.05) is 11.3 Å². The fourth-order valence-electron chi connectivity index (χ4n) is 2.39. The summed E-state index contributed by atoms with van der Waals surface area (Å²) in [4.78, 5) is 27.4. The second kappa shape index (κ2) is 4.63. The number of fused-ring (bicyclic) bond motifs is 1. The average Bonchev–Trinajstić information content (AvgIpc) is 2.74. The predicted octanol–water partition coefficient (Wildman–Crippen LogP) is 2.22. The molecule has 5 heteroatoms. The summed E-state index contributed by atoms with van der Waals surface area (Å²) in [5.41, 5.74) is 9.37. The van der Waals surface area contributed by atoms with Gasteiger partial charge in [-0.1, -0.05) is 17.7 Å². The first kappa shape index (κ1) is 13.2. The molecule has 3 rings (SSSR count). The van der Waals surface area contributed by atoms with Gasteiger partial charge in [-0.3, -0.25) is 4.79 Å². The van der Waals surface area contributed by atoms with E-state index >= 15 is 0 Å². The van der Waals surface area contributed by atoms with Crippen molar-refractivity contribution in [3.63, 3.8) is 0 Å². The molecule has 0 atom stereocenters. The van der Waals surface area contributed by atoms with Crippen LogP contribution < -0.4 is 11.4 Å². The first-order chi connectivity index (χ1) is 9.97. The molecule has 106 valence electrons. The lowest BCUT2D eigenvalue weighted by atomic mass is 10.1. The molecule has 0 radical (unpaired) electrons. The van der Waals surface area contributed by atoms with Crippen molar-refractivity contribution >= 4 is 22.6 Å². The Hall–Kier alpha value is -2.82. The van der Waals surface area contributed by atoms with Crippen molar-refractivity contribution in [1.82, 2.24) is 9.55 Å². The minimum absolute atomic E-state index is 0.363. The van der Waals surface area contributed by atoms with Gasteiger partial charge in [-0.2, -0.15) is 0 Å². The Morgan fingerprint density at radius 1 is 1.19 bits per heavy atom. The zero-order valence-corrected chi connectivity index (χ0v) is 11.8. The van der Waals surface area contributed by atoms with Crippen LogP contribution in [0.1, 0.15) is 21.5 Å². The summed E-state index contributed by atoms with van der Waals surface area (Å²) in [7, 11) is 0. The van der Waals surface area contributed by atoms with Gasteiger partial charge in [0.2, 0.25) is 0 Å². The van der Waals surface area contributed by atoms with Gasteiger partial charge < -0.3 is 10.7 Å². The largest absolute Gasteiger partial charge is 0.398 e. The summed E-state index contributed by atoms with van der Waals surface area (Å²) >= 11 is 0. The number of aryl methyl sites for hydroxylation is 2. The number of nitrogens with zero attached hydrogens (tertiary/aromatic N) is 1. The number of benzene rings is 2. The van der Waals surface area contributed by atoms with Crippen LogP contribution in [0.4, 0.5) is 5.69 Å². The molecular formula is C16H15N3O2. The van der Waals surface area contributed by atoms with Crippen LogP contribution in [-0.4, -0.2) is 15.5 Å². The Balaban J connectivity index is 2.25. The van der Waals surface area contributed by atoms with Crippen LogP contribution in [-0.2, 0) is 0 Å². The quantitative estimate of drug-likeness (QED) is 0.671. The molecule has 0 aliphatic carbocycles. The highest BCUT2D eigenvalue weighted by atomic mass is 16.2. The Kier molecular flexibility index (Phi) is 2.90. The van der Waals surface area contributed by atoms with Gasteiger partial charge in [0.1, 0.15) is 0 Å².